The Morgan fingerprint density at radius 2 is 1.90 bits per heavy atom. The molecule has 1 fully saturated rings. The lowest BCUT2D eigenvalue weighted by atomic mass is 10.0. The first-order valence-corrected chi connectivity index (χ1v) is 9.86. The van der Waals surface area contributed by atoms with Crippen molar-refractivity contribution in [1.29, 1.82) is 0 Å². The smallest absolute Gasteiger partial charge is 0.416 e. The summed E-state index contributed by atoms with van der Waals surface area (Å²) < 4.78 is 44.4. The van der Waals surface area contributed by atoms with Gasteiger partial charge >= 0.3 is 12.2 Å². The Morgan fingerprint density at radius 3 is 2.48 bits per heavy atom. The van der Waals surface area contributed by atoms with E-state index in [1.165, 1.54) is 11.0 Å². The fourth-order valence-electron chi connectivity index (χ4n) is 3.32. The van der Waals surface area contributed by atoms with E-state index in [0.717, 1.165) is 38.1 Å². The van der Waals surface area contributed by atoms with Gasteiger partial charge in [0.15, 0.2) is 0 Å². The van der Waals surface area contributed by atoms with Crippen LogP contribution in [0.1, 0.15) is 25.3 Å². The standard InChI is InChI=1S/C20H31F3N4O2/c1-5-29-18-7-6-15(20(21,22)23)14-17(18)24-19(28)27(4)13-12-26(3)16-8-10-25(2)11-9-16/h6-7,14,16H,5,8-13H2,1-4H3,(H,24,28). The minimum Gasteiger partial charge on any atom is -0.492 e. The highest BCUT2D eigenvalue weighted by Crippen LogP contribution is 2.35. The van der Waals surface area contributed by atoms with Gasteiger partial charge in [-0.05, 0) is 65.1 Å². The van der Waals surface area contributed by atoms with Crippen molar-refractivity contribution in [2.75, 3.05) is 59.2 Å². The van der Waals surface area contributed by atoms with E-state index in [1.54, 1.807) is 14.0 Å². The predicted octanol–water partition coefficient (Wildman–Crippen LogP) is 3.59. The summed E-state index contributed by atoms with van der Waals surface area (Å²) in [6.07, 6.45) is -2.32. The average Bonchev–Trinajstić information content (AvgIpc) is 2.67. The monoisotopic (exact) mass is 416 g/mol. The first-order valence-electron chi connectivity index (χ1n) is 9.86. The molecule has 1 N–H and O–H groups in total. The summed E-state index contributed by atoms with van der Waals surface area (Å²) in [5, 5.41) is 2.55. The number of halogens is 3. The molecule has 1 aliphatic heterocycles. The van der Waals surface area contributed by atoms with Crippen molar-refractivity contribution >= 4 is 11.7 Å². The zero-order chi connectivity index (χ0) is 21.6. The Kier molecular flexibility index (Phi) is 8.15. The molecule has 0 aliphatic carbocycles. The number of hydrogen-bond acceptors (Lipinski definition) is 4. The molecule has 2 rings (SSSR count). The number of piperidine rings is 1. The second-order valence-electron chi connectivity index (χ2n) is 7.51. The number of rotatable bonds is 7. The van der Waals surface area contributed by atoms with Gasteiger partial charge in [-0.2, -0.15) is 13.2 Å². The van der Waals surface area contributed by atoms with E-state index in [0.29, 0.717) is 19.1 Å². The number of benzene rings is 1. The SMILES string of the molecule is CCOc1ccc(C(F)(F)F)cc1NC(=O)N(C)CCN(C)C1CCN(C)CC1. The molecule has 0 spiro atoms. The summed E-state index contributed by atoms with van der Waals surface area (Å²) in [5.41, 5.74) is -0.817. The van der Waals surface area contributed by atoms with Gasteiger partial charge in [0.25, 0.3) is 0 Å². The van der Waals surface area contributed by atoms with E-state index in [-0.39, 0.29) is 18.0 Å². The van der Waals surface area contributed by atoms with Crippen molar-refractivity contribution in [3.8, 4) is 5.75 Å². The molecule has 2 amide bonds. The van der Waals surface area contributed by atoms with Gasteiger partial charge in [-0.25, -0.2) is 4.79 Å². The highest BCUT2D eigenvalue weighted by atomic mass is 19.4. The molecule has 6 nitrogen and oxygen atoms in total. The molecular formula is C20H31F3N4O2. The molecule has 0 atom stereocenters. The number of urea groups is 1. The van der Waals surface area contributed by atoms with E-state index in [1.807, 2.05) is 7.05 Å². The molecule has 0 saturated carbocycles. The maximum Gasteiger partial charge on any atom is 0.416 e. The molecule has 1 aromatic carbocycles. The molecule has 0 unspecified atom stereocenters. The lowest BCUT2D eigenvalue weighted by Gasteiger charge is -2.35. The molecule has 1 aliphatic rings. The van der Waals surface area contributed by atoms with Crippen LogP contribution in [-0.2, 0) is 6.18 Å². The van der Waals surface area contributed by atoms with E-state index >= 15 is 0 Å². The first-order chi connectivity index (χ1) is 13.6. The Balaban J connectivity index is 1.95. The van der Waals surface area contributed by atoms with E-state index in [2.05, 4.69) is 22.2 Å². The number of anilines is 1. The van der Waals surface area contributed by atoms with Gasteiger partial charge in [0.05, 0.1) is 17.9 Å². The summed E-state index contributed by atoms with van der Waals surface area (Å²) >= 11 is 0. The molecule has 1 heterocycles. The normalized spacial score (nSPS) is 16.1. The van der Waals surface area contributed by atoms with Gasteiger partial charge in [-0.15, -0.1) is 0 Å². The Bertz CT molecular complexity index is 676. The Labute approximate surface area is 170 Å². The van der Waals surface area contributed by atoms with Crippen LogP contribution in [0.25, 0.3) is 0 Å². The van der Waals surface area contributed by atoms with E-state index in [4.69, 9.17) is 4.74 Å². The predicted molar refractivity (Wildman–Crippen MR) is 107 cm³/mol. The van der Waals surface area contributed by atoms with Crippen LogP contribution in [0.3, 0.4) is 0 Å². The number of likely N-dealkylation sites (N-methyl/N-ethyl adjacent to an activating group) is 2. The zero-order valence-corrected chi connectivity index (χ0v) is 17.6. The van der Waals surface area contributed by atoms with Crippen LogP contribution in [0.2, 0.25) is 0 Å². The van der Waals surface area contributed by atoms with Crippen LogP contribution in [0.4, 0.5) is 23.7 Å². The Hall–Kier alpha value is -2.00. The van der Waals surface area contributed by atoms with Gasteiger partial charge in [-0.1, -0.05) is 0 Å². The number of alkyl halides is 3. The number of likely N-dealkylation sites (tertiary alicyclic amines) is 1. The lowest BCUT2D eigenvalue weighted by molar-refractivity contribution is -0.137. The van der Waals surface area contributed by atoms with Gasteiger partial charge in [0, 0.05) is 26.2 Å². The first kappa shape index (κ1) is 23.3. The summed E-state index contributed by atoms with van der Waals surface area (Å²) in [5.74, 6) is 0.214. The lowest BCUT2D eigenvalue weighted by Crippen LogP contribution is -2.45. The van der Waals surface area contributed by atoms with Gasteiger partial charge < -0.3 is 24.8 Å². The highest BCUT2D eigenvalue weighted by Gasteiger charge is 2.31. The molecule has 0 aromatic heterocycles. The number of ether oxygens (including phenoxy) is 1. The molecule has 29 heavy (non-hydrogen) atoms. The molecule has 0 radical (unpaired) electrons. The van der Waals surface area contributed by atoms with Crippen molar-refractivity contribution in [3.05, 3.63) is 23.8 Å². The molecule has 1 saturated heterocycles. The average molecular weight is 416 g/mol. The van der Waals surface area contributed by atoms with Crippen LogP contribution in [0, 0.1) is 0 Å². The second kappa shape index (κ2) is 10.2. The van der Waals surface area contributed by atoms with Crippen LogP contribution in [-0.4, -0.2) is 80.7 Å². The fourth-order valence-corrected chi connectivity index (χ4v) is 3.32. The summed E-state index contributed by atoms with van der Waals surface area (Å²) in [6, 6.07) is 3.09. The van der Waals surface area contributed by atoms with Crippen molar-refractivity contribution in [2.45, 2.75) is 32.0 Å². The van der Waals surface area contributed by atoms with Gasteiger partial charge in [0.1, 0.15) is 5.75 Å². The third kappa shape index (κ3) is 6.78. The molecular weight excluding hydrogens is 385 g/mol. The fraction of sp³-hybridized carbons (Fsp3) is 0.650. The second-order valence-corrected chi connectivity index (χ2v) is 7.51. The maximum absolute atomic E-state index is 13.0. The summed E-state index contributed by atoms with van der Waals surface area (Å²) in [4.78, 5) is 18.5. The number of nitrogens with one attached hydrogen (secondary N) is 1. The van der Waals surface area contributed by atoms with Gasteiger partial charge in [0.2, 0.25) is 0 Å². The number of hydrogen-bond donors (Lipinski definition) is 1. The number of carbonyl (C=O) groups is 1. The van der Waals surface area contributed by atoms with E-state index < -0.39 is 17.8 Å². The van der Waals surface area contributed by atoms with Crippen molar-refractivity contribution in [3.63, 3.8) is 0 Å². The van der Waals surface area contributed by atoms with Crippen LogP contribution < -0.4 is 10.1 Å². The molecule has 164 valence electrons. The van der Waals surface area contributed by atoms with Crippen LogP contribution in [0.5, 0.6) is 5.75 Å². The van der Waals surface area contributed by atoms with Crippen molar-refractivity contribution < 1.29 is 22.7 Å². The third-order valence-corrected chi connectivity index (χ3v) is 5.29. The minimum absolute atomic E-state index is 0.0159. The molecule has 1 aromatic rings. The topological polar surface area (TPSA) is 48.1 Å². The third-order valence-electron chi connectivity index (χ3n) is 5.29. The number of nitrogens with zero attached hydrogens (tertiary/aromatic N) is 3. The highest BCUT2D eigenvalue weighted by molar-refractivity contribution is 5.91. The molecule has 0 bridgehead atoms. The van der Waals surface area contributed by atoms with E-state index in [9.17, 15) is 18.0 Å². The summed E-state index contributed by atoms with van der Waals surface area (Å²) in [7, 11) is 5.78. The van der Waals surface area contributed by atoms with Crippen LogP contribution in [0.15, 0.2) is 18.2 Å². The minimum atomic E-state index is -4.49. The van der Waals surface area contributed by atoms with Crippen molar-refractivity contribution in [1.82, 2.24) is 14.7 Å². The largest absolute Gasteiger partial charge is 0.492 e. The van der Waals surface area contributed by atoms with Crippen molar-refractivity contribution in [2.24, 2.45) is 0 Å². The number of carbonyl (C=O) groups excluding carboxylic acids is 1. The number of amides is 2. The Morgan fingerprint density at radius 1 is 1.24 bits per heavy atom. The van der Waals surface area contributed by atoms with Crippen LogP contribution >= 0.6 is 0 Å². The molecule has 9 heteroatoms. The zero-order valence-electron chi connectivity index (χ0n) is 17.6. The van der Waals surface area contributed by atoms with Gasteiger partial charge in [-0.3, -0.25) is 0 Å². The maximum atomic E-state index is 13.0. The quantitative estimate of drug-likeness (QED) is 0.738. The summed E-state index contributed by atoms with van der Waals surface area (Å²) in [6.45, 7) is 5.29.